The third-order valence-electron chi connectivity index (χ3n) is 16.2. The summed E-state index contributed by atoms with van der Waals surface area (Å²) in [6.07, 6.45) is 8.80. The summed E-state index contributed by atoms with van der Waals surface area (Å²) in [5, 5.41) is 18.6. The van der Waals surface area contributed by atoms with Crippen molar-refractivity contribution in [2.24, 2.45) is 56.2 Å². The van der Waals surface area contributed by atoms with Crippen molar-refractivity contribution in [3.05, 3.63) is 41.3 Å². The highest BCUT2D eigenvalue weighted by Gasteiger charge is 2.70. The standard InChI is InChI=1S/C45H62N2O7/c1-26(2)36-30(48)23-45(24-34-46-47-38(54-34)27-11-13-28(52-10)14-12-27)22-21-43(8)29(37(36)45)15-16-32-42(7)19-18-33(53-35(49)25-40(3,4)39(50)51)41(5,6)31(42)17-20-44(32,43)9/h11-14,26,29,31-33H,15-25H2,1-10H3,(H,50,51)/t29?,31-,32+,33-,42-,43+,44?,45?/m0/s1. The smallest absolute Gasteiger partial charge is 0.309 e. The van der Waals surface area contributed by atoms with Gasteiger partial charge in [-0.1, -0.05) is 54.0 Å². The number of hydrogen-bond donors (Lipinski definition) is 1. The molecule has 1 N–H and O–H groups in total. The van der Waals surface area contributed by atoms with Gasteiger partial charge in [0.25, 0.3) is 0 Å². The van der Waals surface area contributed by atoms with Crippen LogP contribution in [0.25, 0.3) is 11.5 Å². The van der Waals surface area contributed by atoms with E-state index in [1.807, 2.05) is 24.3 Å². The Bertz CT molecular complexity index is 1860. The molecule has 0 saturated heterocycles. The Kier molecular flexibility index (Phi) is 9.37. The number of carbonyl (C=O) groups is 3. The number of carboxylic acids is 1. The normalized spacial score (nSPS) is 35.9. The molecule has 9 heteroatoms. The van der Waals surface area contributed by atoms with E-state index in [1.165, 1.54) is 5.57 Å². The lowest BCUT2D eigenvalue weighted by Gasteiger charge is -2.72. The number of aromatic nitrogens is 2. The van der Waals surface area contributed by atoms with Gasteiger partial charge in [-0.15, -0.1) is 10.2 Å². The molecule has 3 unspecified atom stereocenters. The van der Waals surface area contributed by atoms with Gasteiger partial charge in [0.05, 0.1) is 18.9 Å². The predicted octanol–water partition coefficient (Wildman–Crippen LogP) is 9.68. The van der Waals surface area contributed by atoms with Gasteiger partial charge < -0.3 is 19.0 Å². The van der Waals surface area contributed by atoms with Crippen molar-refractivity contribution in [3.8, 4) is 17.2 Å². The first-order chi connectivity index (χ1) is 25.2. The number of Topliss-reactive ketones (excluding diaryl/α,β-unsaturated/α-hetero) is 1. The second-order valence-corrected chi connectivity index (χ2v) is 20.1. The van der Waals surface area contributed by atoms with Crippen LogP contribution in [0.5, 0.6) is 5.75 Å². The van der Waals surface area contributed by atoms with Crippen LogP contribution in [0.4, 0.5) is 0 Å². The number of benzene rings is 1. The van der Waals surface area contributed by atoms with Crippen LogP contribution in [0.1, 0.15) is 132 Å². The minimum atomic E-state index is -1.16. The molecule has 0 spiro atoms. The number of esters is 1. The van der Waals surface area contributed by atoms with Gasteiger partial charge in [-0.2, -0.15) is 0 Å². The molecule has 8 atom stereocenters. The lowest BCUT2D eigenvalue weighted by Crippen LogP contribution is -2.65. The van der Waals surface area contributed by atoms with Crippen molar-refractivity contribution in [2.75, 3.05) is 7.11 Å². The van der Waals surface area contributed by atoms with E-state index in [1.54, 1.807) is 21.0 Å². The summed E-state index contributed by atoms with van der Waals surface area (Å²) in [5.74, 6) is 2.07. The summed E-state index contributed by atoms with van der Waals surface area (Å²) in [5.41, 5.74) is 1.75. The number of methoxy groups -OCH3 is 1. The topological polar surface area (TPSA) is 129 Å². The van der Waals surface area contributed by atoms with Gasteiger partial charge in [-0.3, -0.25) is 14.4 Å². The molecule has 0 amide bonds. The third kappa shape index (κ3) is 5.79. The van der Waals surface area contributed by atoms with Gasteiger partial charge in [0.15, 0.2) is 5.78 Å². The zero-order chi connectivity index (χ0) is 39.2. The summed E-state index contributed by atoms with van der Waals surface area (Å²) in [4.78, 5) is 39.0. The number of ether oxygens (including phenoxy) is 2. The van der Waals surface area contributed by atoms with Crippen LogP contribution in [-0.2, 0) is 25.5 Å². The minimum Gasteiger partial charge on any atom is -0.497 e. The molecular weight excluding hydrogens is 681 g/mol. The van der Waals surface area contributed by atoms with E-state index >= 15 is 0 Å². The lowest BCUT2D eigenvalue weighted by atomic mass is 9.33. The highest BCUT2D eigenvalue weighted by atomic mass is 16.5. The van der Waals surface area contributed by atoms with Crippen LogP contribution in [0.3, 0.4) is 0 Å². The molecule has 9 nitrogen and oxygen atoms in total. The molecule has 2 aromatic rings. The Hall–Kier alpha value is -3.49. The van der Waals surface area contributed by atoms with Crippen molar-refractivity contribution in [3.63, 3.8) is 0 Å². The van der Waals surface area contributed by atoms with E-state index < -0.39 is 17.4 Å². The number of carboxylic acid groups (broad SMARTS) is 1. The maximum Gasteiger partial charge on any atom is 0.309 e. The first kappa shape index (κ1) is 38.8. The number of fused-ring (bicyclic) bond motifs is 7. The average Bonchev–Trinajstić information content (AvgIpc) is 3.67. The summed E-state index contributed by atoms with van der Waals surface area (Å²) < 4.78 is 17.9. The number of carbonyl (C=O) groups excluding carboxylic acids is 2. The highest BCUT2D eigenvalue weighted by Crippen LogP contribution is 2.77. The molecule has 1 aromatic carbocycles. The number of nitrogens with zero attached hydrogens (tertiary/aromatic N) is 2. The SMILES string of the molecule is COc1ccc(-c2nnc(CC34CC[C@]5(C)C(CC[C@H]6C5(C)CC[C@H]5C(C)(C)[C@@H](OC(=O)CC(C)(C)C(=O)O)CC[C@@]56C)C3=C(C(C)C)C(=O)C4)o2)cc1. The Morgan fingerprint density at radius 3 is 2.28 bits per heavy atom. The largest absolute Gasteiger partial charge is 0.497 e. The fraction of sp³-hybridized carbons (Fsp3) is 0.711. The van der Waals surface area contributed by atoms with Gasteiger partial charge in [0, 0.05) is 29.2 Å². The van der Waals surface area contributed by atoms with Gasteiger partial charge in [0.2, 0.25) is 11.8 Å². The van der Waals surface area contributed by atoms with E-state index in [0.717, 1.165) is 68.3 Å². The fourth-order valence-corrected chi connectivity index (χ4v) is 13.2. The average molecular weight is 743 g/mol. The minimum absolute atomic E-state index is 0.0203. The molecule has 7 rings (SSSR count). The molecule has 4 saturated carbocycles. The first-order valence-electron chi connectivity index (χ1n) is 20.4. The molecule has 54 heavy (non-hydrogen) atoms. The van der Waals surface area contributed by atoms with E-state index in [9.17, 15) is 19.5 Å². The zero-order valence-corrected chi connectivity index (χ0v) is 34.3. The lowest BCUT2D eigenvalue weighted by molar-refractivity contribution is -0.233. The van der Waals surface area contributed by atoms with Crippen LogP contribution in [-0.4, -0.2) is 46.2 Å². The molecule has 5 aliphatic rings. The summed E-state index contributed by atoms with van der Waals surface area (Å²) >= 11 is 0. The van der Waals surface area contributed by atoms with Gasteiger partial charge >= 0.3 is 11.9 Å². The first-order valence-corrected chi connectivity index (χ1v) is 20.4. The van der Waals surface area contributed by atoms with Crippen LogP contribution in [0, 0.1) is 56.2 Å². The molecule has 1 heterocycles. The number of allylic oxidation sites excluding steroid dienone is 2. The molecule has 5 aliphatic carbocycles. The fourth-order valence-electron chi connectivity index (χ4n) is 13.2. The quantitative estimate of drug-likeness (QED) is 0.250. The van der Waals surface area contributed by atoms with E-state index in [4.69, 9.17) is 13.9 Å². The van der Waals surface area contributed by atoms with E-state index in [-0.39, 0.29) is 45.5 Å². The summed E-state index contributed by atoms with van der Waals surface area (Å²) in [6, 6.07) is 7.64. The highest BCUT2D eigenvalue weighted by molar-refractivity contribution is 6.00. The molecule has 0 radical (unpaired) electrons. The van der Waals surface area contributed by atoms with Gasteiger partial charge in [0.1, 0.15) is 11.9 Å². The molecule has 0 aliphatic heterocycles. The monoisotopic (exact) mass is 742 g/mol. The van der Waals surface area contributed by atoms with Crippen molar-refractivity contribution in [2.45, 2.75) is 139 Å². The zero-order valence-electron chi connectivity index (χ0n) is 34.3. The van der Waals surface area contributed by atoms with E-state index in [0.29, 0.717) is 48.2 Å². The molecule has 294 valence electrons. The Morgan fingerprint density at radius 1 is 0.926 bits per heavy atom. The number of rotatable bonds is 9. The van der Waals surface area contributed by atoms with Crippen molar-refractivity contribution in [1.82, 2.24) is 10.2 Å². The summed E-state index contributed by atoms with van der Waals surface area (Å²) in [6.45, 7) is 19.8. The predicted molar refractivity (Wildman–Crippen MR) is 205 cm³/mol. The van der Waals surface area contributed by atoms with Crippen LogP contribution >= 0.6 is 0 Å². The van der Waals surface area contributed by atoms with Crippen molar-refractivity contribution in [1.29, 1.82) is 0 Å². The van der Waals surface area contributed by atoms with Crippen LogP contribution in [0.2, 0.25) is 0 Å². The molecule has 1 aromatic heterocycles. The Morgan fingerprint density at radius 2 is 1.63 bits per heavy atom. The van der Waals surface area contributed by atoms with Crippen LogP contribution < -0.4 is 4.74 Å². The Labute approximate surface area is 321 Å². The molecule has 0 bridgehead atoms. The van der Waals surface area contributed by atoms with Gasteiger partial charge in [-0.05, 0) is 135 Å². The number of hydrogen-bond acceptors (Lipinski definition) is 8. The van der Waals surface area contributed by atoms with Crippen molar-refractivity contribution < 1.29 is 33.4 Å². The van der Waals surface area contributed by atoms with Crippen molar-refractivity contribution >= 4 is 17.7 Å². The van der Waals surface area contributed by atoms with Gasteiger partial charge in [-0.25, -0.2) is 0 Å². The number of aliphatic carboxylic acids is 1. The second-order valence-electron chi connectivity index (χ2n) is 20.1. The maximum absolute atomic E-state index is 14.1. The molecule has 4 fully saturated rings. The summed E-state index contributed by atoms with van der Waals surface area (Å²) in [7, 11) is 1.65. The number of ketones is 1. The Balaban J connectivity index is 1.17. The second kappa shape index (κ2) is 13.0. The maximum atomic E-state index is 14.1. The van der Waals surface area contributed by atoms with E-state index in [2.05, 4.69) is 58.7 Å². The van der Waals surface area contributed by atoms with Crippen LogP contribution in [0.15, 0.2) is 39.8 Å². The third-order valence-corrected chi connectivity index (χ3v) is 16.2. The molecular formula is C45H62N2O7.